The van der Waals surface area contributed by atoms with Gasteiger partial charge in [-0.15, -0.1) is 0 Å². The zero-order valence-corrected chi connectivity index (χ0v) is 16.4. The van der Waals surface area contributed by atoms with Crippen molar-refractivity contribution >= 4 is 15.7 Å². The first-order valence-electron chi connectivity index (χ1n) is 9.21. The van der Waals surface area contributed by atoms with E-state index in [1.54, 1.807) is 24.3 Å². The Morgan fingerprint density at radius 3 is 2.56 bits per heavy atom. The average molecular weight is 389 g/mol. The zero-order valence-electron chi connectivity index (χ0n) is 15.5. The van der Waals surface area contributed by atoms with Crippen molar-refractivity contribution in [3.8, 4) is 0 Å². The Balaban J connectivity index is 1.93. The van der Waals surface area contributed by atoms with Crippen molar-refractivity contribution in [2.45, 2.75) is 48.8 Å². The van der Waals surface area contributed by atoms with Crippen LogP contribution in [0.1, 0.15) is 43.7 Å². The number of hydrogen-bond acceptors (Lipinski definition) is 3. The molecule has 0 saturated carbocycles. The third-order valence-corrected chi connectivity index (χ3v) is 6.76. The van der Waals surface area contributed by atoms with Gasteiger partial charge in [-0.25, -0.2) is 12.8 Å². The van der Waals surface area contributed by atoms with Crippen LogP contribution in [0.3, 0.4) is 0 Å². The summed E-state index contributed by atoms with van der Waals surface area (Å²) in [5.41, 5.74) is 1.26. The van der Waals surface area contributed by atoms with Crippen LogP contribution in [0.4, 0.5) is 4.39 Å². The topological polar surface area (TPSA) is 63.2 Å². The van der Waals surface area contributed by atoms with Crippen molar-refractivity contribution < 1.29 is 17.6 Å². The molecular formula is C21H24FNO3S. The monoisotopic (exact) mass is 389 g/mol. The third-order valence-electron chi connectivity index (χ3n) is 5.01. The molecule has 2 aromatic rings. The fourth-order valence-corrected chi connectivity index (χ4v) is 4.86. The van der Waals surface area contributed by atoms with Gasteiger partial charge in [0.15, 0.2) is 0 Å². The second-order valence-electron chi connectivity index (χ2n) is 7.28. The normalized spacial score (nSPS) is 16.8. The number of carbonyl (C=O) groups excluding carboxylic acids is 1. The lowest BCUT2D eigenvalue weighted by molar-refractivity contribution is -0.124. The van der Waals surface area contributed by atoms with Crippen molar-refractivity contribution in [1.29, 1.82) is 0 Å². The molecule has 1 amide bonds. The van der Waals surface area contributed by atoms with Crippen LogP contribution in [0.25, 0.3) is 0 Å². The quantitative estimate of drug-likeness (QED) is 0.845. The van der Waals surface area contributed by atoms with Crippen LogP contribution >= 0.6 is 0 Å². The second kappa shape index (κ2) is 7.80. The average Bonchev–Trinajstić information content (AvgIpc) is 2.66. The summed E-state index contributed by atoms with van der Waals surface area (Å²) in [5.74, 6) is -0.836. The molecule has 1 atom stereocenters. The van der Waals surface area contributed by atoms with Crippen molar-refractivity contribution in [3.05, 3.63) is 59.4 Å². The van der Waals surface area contributed by atoms with Crippen molar-refractivity contribution in [2.24, 2.45) is 5.92 Å². The highest BCUT2D eigenvalue weighted by Gasteiger charge is 2.28. The predicted octanol–water partition coefficient (Wildman–Crippen LogP) is 3.85. The first kappa shape index (κ1) is 19.5. The van der Waals surface area contributed by atoms with E-state index in [-0.39, 0.29) is 27.5 Å². The number of fused-ring (bicyclic) bond motifs is 1. The van der Waals surface area contributed by atoms with E-state index in [1.807, 2.05) is 13.8 Å². The smallest absolute Gasteiger partial charge is 0.222 e. The van der Waals surface area contributed by atoms with Crippen molar-refractivity contribution in [2.75, 3.05) is 6.54 Å². The van der Waals surface area contributed by atoms with E-state index < -0.39 is 15.7 Å². The lowest BCUT2D eigenvalue weighted by atomic mass is 9.82. The van der Waals surface area contributed by atoms with Gasteiger partial charge in [0.2, 0.25) is 15.7 Å². The van der Waals surface area contributed by atoms with E-state index in [9.17, 15) is 17.6 Å². The van der Waals surface area contributed by atoms with Crippen LogP contribution in [-0.2, 0) is 21.1 Å². The Morgan fingerprint density at radius 2 is 1.89 bits per heavy atom. The number of benzene rings is 2. The highest BCUT2D eigenvalue weighted by atomic mass is 32.2. The third kappa shape index (κ3) is 4.05. The summed E-state index contributed by atoms with van der Waals surface area (Å²) < 4.78 is 40.6. The molecule has 0 bridgehead atoms. The lowest BCUT2D eigenvalue weighted by Crippen LogP contribution is -2.33. The maximum Gasteiger partial charge on any atom is 0.222 e. The molecule has 0 radical (unpaired) electrons. The number of rotatable bonds is 5. The van der Waals surface area contributed by atoms with Crippen LogP contribution in [0.15, 0.2) is 52.3 Å². The molecule has 6 heteroatoms. The van der Waals surface area contributed by atoms with Gasteiger partial charge >= 0.3 is 0 Å². The zero-order chi connectivity index (χ0) is 19.6. The Bertz CT molecular complexity index is 939. The standard InChI is InChI=1S/C21H24FNO3S/c1-14(2)21(24)23-13-16-8-6-7-15-11-18(12-19(22)20(15)16)27(25,26)17-9-4-3-5-10-17/h3-5,9-12,14,16H,6-8,13H2,1-2H3,(H,23,24)/t16-/m0/s1. The Hall–Kier alpha value is -2.21. The van der Waals surface area contributed by atoms with E-state index in [2.05, 4.69) is 5.32 Å². The minimum Gasteiger partial charge on any atom is -0.355 e. The van der Waals surface area contributed by atoms with Gasteiger partial charge in [-0.05, 0) is 54.7 Å². The summed E-state index contributed by atoms with van der Waals surface area (Å²) in [7, 11) is -3.76. The molecule has 3 rings (SSSR count). The molecular weight excluding hydrogens is 365 g/mol. The highest BCUT2D eigenvalue weighted by Crippen LogP contribution is 2.36. The summed E-state index contributed by atoms with van der Waals surface area (Å²) in [4.78, 5) is 12.0. The highest BCUT2D eigenvalue weighted by molar-refractivity contribution is 7.91. The first-order valence-corrected chi connectivity index (χ1v) is 10.7. The summed E-state index contributed by atoms with van der Waals surface area (Å²) in [5, 5.41) is 2.87. The molecule has 144 valence electrons. The van der Waals surface area contributed by atoms with E-state index in [1.165, 1.54) is 12.1 Å². The van der Waals surface area contributed by atoms with Gasteiger partial charge in [0.05, 0.1) is 9.79 Å². The van der Waals surface area contributed by atoms with Crippen LogP contribution in [0, 0.1) is 11.7 Å². The van der Waals surface area contributed by atoms with Crippen LogP contribution < -0.4 is 5.32 Å². The molecule has 0 heterocycles. The van der Waals surface area contributed by atoms with Gasteiger partial charge in [-0.2, -0.15) is 0 Å². The Kier molecular flexibility index (Phi) is 5.65. The van der Waals surface area contributed by atoms with Gasteiger partial charge in [0.1, 0.15) is 5.82 Å². The molecule has 0 unspecified atom stereocenters. The van der Waals surface area contributed by atoms with Gasteiger partial charge in [0.25, 0.3) is 0 Å². The fourth-order valence-electron chi connectivity index (χ4n) is 3.52. The van der Waals surface area contributed by atoms with Crippen LogP contribution in [-0.4, -0.2) is 20.9 Å². The number of amides is 1. The molecule has 1 N–H and O–H groups in total. The maximum absolute atomic E-state index is 14.9. The number of aryl methyl sites for hydroxylation is 1. The molecule has 0 fully saturated rings. The fraction of sp³-hybridized carbons (Fsp3) is 0.381. The molecule has 0 aromatic heterocycles. The predicted molar refractivity (Wildman–Crippen MR) is 102 cm³/mol. The summed E-state index contributed by atoms with van der Waals surface area (Å²) in [6.45, 7) is 3.99. The van der Waals surface area contributed by atoms with E-state index in [4.69, 9.17) is 0 Å². The largest absolute Gasteiger partial charge is 0.355 e. The maximum atomic E-state index is 14.9. The Labute approximate surface area is 159 Å². The van der Waals surface area contributed by atoms with Crippen LogP contribution in [0.5, 0.6) is 0 Å². The number of hydrogen-bond donors (Lipinski definition) is 1. The van der Waals surface area contributed by atoms with E-state index >= 15 is 0 Å². The number of nitrogens with one attached hydrogen (secondary N) is 1. The summed E-state index contributed by atoms with van der Waals surface area (Å²) in [6.07, 6.45) is 2.25. The first-order chi connectivity index (χ1) is 12.8. The Morgan fingerprint density at radius 1 is 1.19 bits per heavy atom. The molecule has 27 heavy (non-hydrogen) atoms. The minimum atomic E-state index is -3.76. The summed E-state index contributed by atoms with van der Waals surface area (Å²) >= 11 is 0. The second-order valence-corrected chi connectivity index (χ2v) is 9.23. The summed E-state index contributed by atoms with van der Waals surface area (Å²) in [6, 6.07) is 10.8. The van der Waals surface area contributed by atoms with Crippen molar-refractivity contribution in [3.63, 3.8) is 0 Å². The minimum absolute atomic E-state index is 0.0168. The molecule has 2 aromatic carbocycles. The van der Waals surface area contributed by atoms with E-state index in [0.717, 1.165) is 24.5 Å². The molecule has 1 aliphatic rings. The van der Waals surface area contributed by atoms with Gasteiger partial charge in [0, 0.05) is 18.4 Å². The lowest BCUT2D eigenvalue weighted by Gasteiger charge is -2.27. The number of sulfone groups is 1. The van der Waals surface area contributed by atoms with Gasteiger partial charge < -0.3 is 5.32 Å². The van der Waals surface area contributed by atoms with E-state index in [0.29, 0.717) is 18.5 Å². The SMILES string of the molecule is CC(C)C(=O)NC[C@@H]1CCCc2cc(S(=O)(=O)c3ccccc3)cc(F)c21. The molecule has 0 aliphatic heterocycles. The van der Waals surface area contributed by atoms with Gasteiger partial charge in [-0.1, -0.05) is 32.0 Å². The molecule has 0 spiro atoms. The molecule has 1 aliphatic carbocycles. The molecule has 4 nitrogen and oxygen atoms in total. The van der Waals surface area contributed by atoms with Crippen LogP contribution in [0.2, 0.25) is 0 Å². The number of halogens is 1. The molecule has 0 saturated heterocycles. The van der Waals surface area contributed by atoms with Crippen molar-refractivity contribution in [1.82, 2.24) is 5.32 Å². The van der Waals surface area contributed by atoms with Gasteiger partial charge in [-0.3, -0.25) is 4.79 Å². The number of carbonyl (C=O) groups is 1.